The highest BCUT2D eigenvalue weighted by atomic mass is 32.1. The highest BCUT2D eigenvalue weighted by Crippen LogP contribution is 2.19. The van der Waals surface area contributed by atoms with Crippen molar-refractivity contribution in [3.63, 3.8) is 0 Å². The molecule has 1 aliphatic heterocycles. The molecule has 1 atom stereocenters. The van der Waals surface area contributed by atoms with Gasteiger partial charge < -0.3 is 15.0 Å². The van der Waals surface area contributed by atoms with Crippen LogP contribution in [0.15, 0.2) is 41.8 Å². The SMILES string of the molecule is Cc1ccccc1NC(=S)N(Cc1cccs1)C[C@@H]1CCCO1. The number of thiocarbonyl (C=S) groups is 1. The van der Waals surface area contributed by atoms with Crippen LogP contribution in [0, 0.1) is 6.92 Å². The Balaban J connectivity index is 1.70. The molecule has 0 radical (unpaired) electrons. The van der Waals surface area contributed by atoms with Crippen LogP contribution in [0.25, 0.3) is 0 Å². The minimum absolute atomic E-state index is 0.284. The van der Waals surface area contributed by atoms with Crippen LogP contribution in [0.4, 0.5) is 5.69 Å². The quantitative estimate of drug-likeness (QED) is 0.809. The van der Waals surface area contributed by atoms with Gasteiger partial charge in [-0.2, -0.15) is 0 Å². The van der Waals surface area contributed by atoms with Gasteiger partial charge in [-0.1, -0.05) is 24.3 Å². The second-order valence-corrected chi connectivity index (χ2v) is 7.26. The van der Waals surface area contributed by atoms with Gasteiger partial charge in [0, 0.05) is 23.7 Å². The molecule has 0 amide bonds. The lowest BCUT2D eigenvalue weighted by Crippen LogP contribution is -2.39. The maximum Gasteiger partial charge on any atom is 0.173 e. The first kappa shape index (κ1) is 16.4. The van der Waals surface area contributed by atoms with Crippen molar-refractivity contribution in [3.05, 3.63) is 52.2 Å². The second-order valence-electron chi connectivity index (χ2n) is 5.84. The van der Waals surface area contributed by atoms with Gasteiger partial charge in [0.1, 0.15) is 0 Å². The van der Waals surface area contributed by atoms with Gasteiger partial charge in [-0.15, -0.1) is 11.3 Å². The fourth-order valence-electron chi connectivity index (χ4n) is 2.75. The molecule has 1 N–H and O–H groups in total. The molecule has 3 rings (SSSR count). The number of aryl methyl sites for hydroxylation is 1. The molecule has 1 aromatic heterocycles. The predicted molar refractivity (Wildman–Crippen MR) is 101 cm³/mol. The zero-order chi connectivity index (χ0) is 16.1. The van der Waals surface area contributed by atoms with Gasteiger partial charge in [-0.05, 0) is 55.1 Å². The third-order valence-corrected chi connectivity index (χ3v) is 5.27. The number of hydrogen-bond acceptors (Lipinski definition) is 3. The van der Waals surface area contributed by atoms with Crippen molar-refractivity contribution in [2.45, 2.75) is 32.4 Å². The minimum atomic E-state index is 0.284. The van der Waals surface area contributed by atoms with Gasteiger partial charge in [-0.25, -0.2) is 0 Å². The molecule has 122 valence electrons. The Bertz CT molecular complexity index is 636. The highest BCUT2D eigenvalue weighted by molar-refractivity contribution is 7.80. The van der Waals surface area contributed by atoms with Crippen LogP contribution in [0.5, 0.6) is 0 Å². The van der Waals surface area contributed by atoms with E-state index in [0.29, 0.717) is 0 Å². The van der Waals surface area contributed by atoms with Crippen LogP contribution in [0.2, 0.25) is 0 Å². The number of rotatable bonds is 5. The number of hydrogen-bond donors (Lipinski definition) is 1. The third kappa shape index (κ3) is 4.53. The van der Waals surface area contributed by atoms with Gasteiger partial charge in [0.15, 0.2) is 5.11 Å². The number of thiophene rings is 1. The monoisotopic (exact) mass is 346 g/mol. The van der Waals surface area contributed by atoms with E-state index >= 15 is 0 Å². The summed E-state index contributed by atoms with van der Waals surface area (Å²) in [5, 5.41) is 6.28. The van der Waals surface area contributed by atoms with Crippen molar-refractivity contribution in [2.24, 2.45) is 0 Å². The van der Waals surface area contributed by atoms with E-state index in [9.17, 15) is 0 Å². The molecule has 3 nitrogen and oxygen atoms in total. The zero-order valence-electron chi connectivity index (χ0n) is 13.3. The lowest BCUT2D eigenvalue weighted by Gasteiger charge is -2.28. The van der Waals surface area contributed by atoms with E-state index in [1.807, 2.05) is 12.1 Å². The topological polar surface area (TPSA) is 24.5 Å². The van der Waals surface area contributed by atoms with Gasteiger partial charge in [0.05, 0.1) is 12.6 Å². The molecule has 2 heterocycles. The van der Waals surface area contributed by atoms with Crippen molar-refractivity contribution in [1.29, 1.82) is 0 Å². The Morgan fingerprint density at radius 1 is 1.35 bits per heavy atom. The Hall–Kier alpha value is -1.43. The highest BCUT2D eigenvalue weighted by Gasteiger charge is 2.21. The summed E-state index contributed by atoms with van der Waals surface area (Å²) in [6.45, 7) is 4.63. The molecule has 2 aromatic rings. The molecule has 0 spiro atoms. The number of benzene rings is 1. The first-order chi connectivity index (χ1) is 11.2. The first-order valence-corrected chi connectivity index (χ1v) is 9.27. The summed E-state index contributed by atoms with van der Waals surface area (Å²) in [5.41, 5.74) is 2.27. The van der Waals surface area contributed by atoms with Crippen LogP contribution in [0.3, 0.4) is 0 Å². The third-order valence-electron chi connectivity index (χ3n) is 4.05. The fourth-order valence-corrected chi connectivity index (χ4v) is 3.72. The van der Waals surface area contributed by atoms with Crippen molar-refractivity contribution >= 4 is 34.4 Å². The summed E-state index contributed by atoms with van der Waals surface area (Å²) in [6.07, 6.45) is 2.55. The molecule has 1 saturated heterocycles. The van der Waals surface area contributed by atoms with Crippen molar-refractivity contribution in [2.75, 3.05) is 18.5 Å². The second kappa shape index (κ2) is 7.90. The van der Waals surface area contributed by atoms with E-state index in [2.05, 4.69) is 46.8 Å². The molecule has 0 bridgehead atoms. The molecule has 0 aliphatic carbocycles. The molecular weight excluding hydrogens is 324 g/mol. The zero-order valence-corrected chi connectivity index (χ0v) is 15.0. The normalized spacial score (nSPS) is 17.2. The Morgan fingerprint density at radius 3 is 2.91 bits per heavy atom. The lowest BCUT2D eigenvalue weighted by atomic mass is 10.2. The van der Waals surface area contributed by atoms with Crippen molar-refractivity contribution in [3.8, 4) is 0 Å². The van der Waals surface area contributed by atoms with Crippen LogP contribution in [0.1, 0.15) is 23.3 Å². The molecule has 1 fully saturated rings. The summed E-state index contributed by atoms with van der Waals surface area (Å²) >= 11 is 7.45. The Labute approximate surface area is 147 Å². The van der Waals surface area contributed by atoms with Crippen LogP contribution >= 0.6 is 23.6 Å². The molecule has 0 unspecified atom stereocenters. The standard InChI is InChI=1S/C18H22N2OS2/c1-14-6-2-3-9-17(14)19-18(22)20(12-15-7-4-10-21-15)13-16-8-5-11-23-16/h2-3,5-6,8-9,11,15H,4,7,10,12-13H2,1H3,(H,19,22)/t15-/m0/s1. The fraction of sp³-hybridized carbons (Fsp3) is 0.389. The van der Waals surface area contributed by atoms with E-state index < -0.39 is 0 Å². The summed E-state index contributed by atoms with van der Waals surface area (Å²) in [4.78, 5) is 3.54. The molecule has 1 aliphatic rings. The molecule has 1 aromatic carbocycles. The largest absolute Gasteiger partial charge is 0.376 e. The van der Waals surface area contributed by atoms with E-state index in [1.165, 1.54) is 10.4 Å². The lowest BCUT2D eigenvalue weighted by molar-refractivity contribution is 0.0907. The van der Waals surface area contributed by atoms with E-state index in [1.54, 1.807) is 11.3 Å². The van der Waals surface area contributed by atoms with Crippen LogP contribution in [-0.4, -0.2) is 29.3 Å². The average Bonchev–Trinajstić information content (AvgIpc) is 3.22. The van der Waals surface area contributed by atoms with Crippen molar-refractivity contribution < 1.29 is 4.74 Å². The number of ether oxygens (including phenoxy) is 1. The van der Waals surface area contributed by atoms with Gasteiger partial charge in [-0.3, -0.25) is 0 Å². The van der Waals surface area contributed by atoms with E-state index in [-0.39, 0.29) is 6.10 Å². The Morgan fingerprint density at radius 2 is 2.22 bits per heavy atom. The van der Waals surface area contributed by atoms with Crippen molar-refractivity contribution in [1.82, 2.24) is 4.90 Å². The number of nitrogens with zero attached hydrogens (tertiary/aromatic N) is 1. The smallest absolute Gasteiger partial charge is 0.173 e. The number of nitrogens with one attached hydrogen (secondary N) is 1. The minimum Gasteiger partial charge on any atom is -0.376 e. The summed E-state index contributed by atoms with van der Waals surface area (Å²) in [5.74, 6) is 0. The summed E-state index contributed by atoms with van der Waals surface area (Å²) < 4.78 is 5.80. The van der Waals surface area contributed by atoms with Crippen LogP contribution in [-0.2, 0) is 11.3 Å². The molecular formula is C18H22N2OS2. The average molecular weight is 347 g/mol. The number of anilines is 1. The molecule has 23 heavy (non-hydrogen) atoms. The predicted octanol–water partition coefficient (Wildman–Crippen LogP) is 4.43. The maximum atomic E-state index is 5.80. The molecule has 5 heteroatoms. The van der Waals surface area contributed by atoms with Gasteiger partial charge >= 0.3 is 0 Å². The summed E-state index contributed by atoms with van der Waals surface area (Å²) in [7, 11) is 0. The van der Waals surface area contributed by atoms with Gasteiger partial charge in [0.25, 0.3) is 0 Å². The first-order valence-electron chi connectivity index (χ1n) is 7.98. The van der Waals surface area contributed by atoms with E-state index in [4.69, 9.17) is 17.0 Å². The molecule has 0 saturated carbocycles. The maximum absolute atomic E-state index is 5.80. The number of para-hydroxylation sites is 1. The Kier molecular flexibility index (Phi) is 5.65. The summed E-state index contributed by atoms with van der Waals surface area (Å²) in [6, 6.07) is 12.5. The van der Waals surface area contributed by atoms with Gasteiger partial charge in [0.2, 0.25) is 0 Å². The van der Waals surface area contributed by atoms with Crippen LogP contribution < -0.4 is 5.32 Å². The van der Waals surface area contributed by atoms with E-state index in [0.717, 1.165) is 43.3 Å².